The third-order valence-electron chi connectivity index (χ3n) is 2.78. The maximum Gasteiger partial charge on any atom is 0.242 e. The van der Waals surface area contributed by atoms with Crippen molar-refractivity contribution in [1.82, 2.24) is 4.31 Å². The largest absolute Gasteiger partial charge is 0.397 e. The summed E-state index contributed by atoms with van der Waals surface area (Å²) < 4.78 is 30.5. The van der Waals surface area contributed by atoms with Crippen molar-refractivity contribution in [2.45, 2.75) is 24.3 Å². The fourth-order valence-electron chi connectivity index (χ4n) is 1.78. The second-order valence-electron chi connectivity index (χ2n) is 5.48. The minimum absolute atomic E-state index is 0.201. The van der Waals surface area contributed by atoms with Crippen molar-refractivity contribution in [3.63, 3.8) is 0 Å². The Morgan fingerprint density at radius 1 is 1.35 bits per heavy atom. The van der Waals surface area contributed by atoms with Gasteiger partial charge in [0.2, 0.25) is 10.0 Å². The molecule has 0 aliphatic rings. The molecule has 1 aromatic rings. The van der Waals surface area contributed by atoms with Gasteiger partial charge in [-0.15, -0.1) is 0 Å². The lowest BCUT2D eigenvalue weighted by atomic mass is 10.1. The molecule has 0 aromatic heterocycles. The van der Waals surface area contributed by atoms with E-state index in [0.29, 0.717) is 18.0 Å². The SMILES string of the molecule is COCC(C)(C)Nc1cc(S(=O)(=O)N(C)C)ccc1N. The summed E-state index contributed by atoms with van der Waals surface area (Å²) in [7, 11) is 1.12. The van der Waals surface area contributed by atoms with Crippen molar-refractivity contribution in [3.05, 3.63) is 18.2 Å². The first-order valence-electron chi connectivity index (χ1n) is 6.19. The Labute approximate surface area is 121 Å². The van der Waals surface area contributed by atoms with Crippen LogP contribution < -0.4 is 11.1 Å². The molecule has 3 N–H and O–H groups in total. The highest BCUT2D eigenvalue weighted by Gasteiger charge is 2.22. The molecule has 0 unspecified atom stereocenters. The molecular weight excluding hydrogens is 278 g/mol. The second-order valence-corrected chi connectivity index (χ2v) is 7.63. The van der Waals surface area contributed by atoms with E-state index in [4.69, 9.17) is 10.5 Å². The molecule has 0 aliphatic carbocycles. The first-order valence-corrected chi connectivity index (χ1v) is 7.63. The molecule has 0 fully saturated rings. The number of anilines is 2. The molecular formula is C13H23N3O3S. The van der Waals surface area contributed by atoms with Crippen molar-refractivity contribution < 1.29 is 13.2 Å². The van der Waals surface area contributed by atoms with E-state index < -0.39 is 10.0 Å². The highest BCUT2D eigenvalue weighted by atomic mass is 32.2. The van der Waals surface area contributed by atoms with Gasteiger partial charge in [0.25, 0.3) is 0 Å². The zero-order valence-corrected chi connectivity index (χ0v) is 13.4. The van der Waals surface area contributed by atoms with Crippen LogP contribution in [0, 0.1) is 0 Å². The Balaban J connectivity index is 3.17. The summed E-state index contributed by atoms with van der Waals surface area (Å²) >= 11 is 0. The van der Waals surface area contributed by atoms with E-state index in [1.54, 1.807) is 19.2 Å². The number of hydrogen-bond donors (Lipinski definition) is 2. The molecule has 0 amide bonds. The standard InChI is InChI=1S/C13H23N3O3S/c1-13(2,9-19-5)15-12-8-10(6-7-11(12)14)20(17,18)16(3)4/h6-8,15H,9,14H2,1-5H3. The maximum atomic E-state index is 12.1. The van der Waals surface area contributed by atoms with Crippen LogP contribution in [0.5, 0.6) is 0 Å². The lowest BCUT2D eigenvalue weighted by molar-refractivity contribution is 0.158. The van der Waals surface area contributed by atoms with E-state index in [1.165, 1.54) is 24.5 Å². The monoisotopic (exact) mass is 301 g/mol. The summed E-state index contributed by atoms with van der Waals surface area (Å²) in [5, 5.41) is 3.21. The Bertz CT molecular complexity index is 568. The van der Waals surface area contributed by atoms with E-state index in [1.807, 2.05) is 13.8 Å². The van der Waals surface area contributed by atoms with Crippen molar-refractivity contribution in [2.24, 2.45) is 0 Å². The summed E-state index contributed by atoms with van der Waals surface area (Å²) in [4.78, 5) is 0.201. The van der Waals surface area contributed by atoms with Gasteiger partial charge in [-0.25, -0.2) is 12.7 Å². The van der Waals surface area contributed by atoms with Crippen LogP contribution in [0.3, 0.4) is 0 Å². The van der Waals surface area contributed by atoms with E-state index in [-0.39, 0.29) is 10.4 Å². The highest BCUT2D eigenvalue weighted by Crippen LogP contribution is 2.27. The maximum absolute atomic E-state index is 12.1. The lowest BCUT2D eigenvalue weighted by Gasteiger charge is -2.27. The number of nitrogen functional groups attached to an aromatic ring is 1. The predicted octanol–water partition coefficient (Wildman–Crippen LogP) is 1.36. The number of benzene rings is 1. The fraction of sp³-hybridized carbons (Fsp3) is 0.538. The summed E-state index contributed by atoms with van der Waals surface area (Å²) in [5.41, 5.74) is 6.61. The minimum atomic E-state index is -3.48. The second kappa shape index (κ2) is 5.99. The molecule has 0 spiro atoms. The molecule has 0 saturated heterocycles. The number of methoxy groups -OCH3 is 1. The van der Waals surface area contributed by atoms with E-state index in [2.05, 4.69) is 5.32 Å². The Kier molecular flexibility index (Phi) is 5.01. The first kappa shape index (κ1) is 16.7. The molecule has 0 aliphatic heterocycles. The highest BCUT2D eigenvalue weighted by molar-refractivity contribution is 7.89. The summed E-state index contributed by atoms with van der Waals surface area (Å²) in [6, 6.07) is 4.63. The van der Waals surface area contributed by atoms with Gasteiger partial charge in [0.15, 0.2) is 0 Å². The number of nitrogens with two attached hydrogens (primary N) is 1. The Hall–Kier alpha value is -1.31. The van der Waals surface area contributed by atoms with E-state index in [9.17, 15) is 8.42 Å². The van der Waals surface area contributed by atoms with Crippen LogP contribution in [0.25, 0.3) is 0 Å². The average molecular weight is 301 g/mol. The van der Waals surface area contributed by atoms with Crippen LogP contribution in [0.2, 0.25) is 0 Å². The Morgan fingerprint density at radius 3 is 2.45 bits per heavy atom. The van der Waals surface area contributed by atoms with Crippen molar-refractivity contribution in [1.29, 1.82) is 0 Å². The van der Waals surface area contributed by atoms with Gasteiger partial charge in [-0.3, -0.25) is 0 Å². The van der Waals surface area contributed by atoms with Gasteiger partial charge in [-0.2, -0.15) is 0 Å². The van der Waals surface area contributed by atoms with E-state index >= 15 is 0 Å². The third-order valence-corrected chi connectivity index (χ3v) is 4.59. The normalized spacial score (nSPS) is 12.7. The quantitative estimate of drug-likeness (QED) is 0.775. The fourth-order valence-corrected chi connectivity index (χ4v) is 2.70. The van der Waals surface area contributed by atoms with Crippen LogP contribution in [0.4, 0.5) is 11.4 Å². The van der Waals surface area contributed by atoms with Gasteiger partial charge in [0.1, 0.15) is 0 Å². The van der Waals surface area contributed by atoms with Gasteiger partial charge >= 0.3 is 0 Å². The van der Waals surface area contributed by atoms with Crippen LogP contribution in [0.1, 0.15) is 13.8 Å². The number of ether oxygens (including phenoxy) is 1. The summed E-state index contributed by atoms with van der Waals surface area (Å²) in [6.07, 6.45) is 0. The minimum Gasteiger partial charge on any atom is -0.397 e. The molecule has 0 radical (unpaired) electrons. The van der Waals surface area contributed by atoms with Gasteiger partial charge in [0.05, 0.1) is 28.4 Å². The number of nitrogens with one attached hydrogen (secondary N) is 1. The molecule has 0 atom stereocenters. The summed E-state index contributed by atoms with van der Waals surface area (Å²) in [5.74, 6) is 0. The van der Waals surface area contributed by atoms with Crippen LogP contribution in [0.15, 0.2) is 23.1 Å². The number of sulfonamides is 1. The molecule has 1 rings (SSSR count). The lowest BCUT2D eigenvalue weighted by Crippen LogP contribution is -2.36. The molecule has 114 valence electrons. The molecule has 0 bridgehead atoms. The van der Waals surface area contributed by atoms with Crippen molar-refractivity contribution in [3.8, 4) is 0 Å². The predicted molar refractivity (Wildman–Crippen MR) is 81.3 cm³/mol. The topological polar surface area (TPSA) is 84.7 Å². The number of rotatable bonds is 6. The molecule has 20 heavy (non-hydrogen) atoms. The Morgan fingerprint density at radius 2 is 1.95 bits per heavy atom. The molecule has 7 heteroatoms. The van der Waals surface area contributed by atoms with Gasteiger partial charge in [-0.1, -0.05) is 0 Å². The third kappa shape index (κ3) is 3.84. The van der Waals surface area contributed by atoms with Crippen molar-refractivity contribution >= 4 is 21.4 Å². The van der Waals surface area contributed by atoms with Crippen LogP contribution in [-0.4, -0.2) is 46.1 Å². The smallest absolute Gasteiger partial charge is 0.242 e. The van der Waals surface area contributed by atoms with Crippen molar-refractivity contribution in [2.75, 3.05) is 38.9 Å². The number of hydrogen-bond acceptors (Lipinski definition) is 5. The van der Waals surface area contributed by atoms with Gasteiger partial charge < -0.3 is 15.8 Å². The first-order chi connectivity index (χ1) is 9.10. The molecule has 6 nitrogen and oxygen atoms in total. The molecule has 0 heterocycles. The zero-order valence-electron chi connectivity index (χ0n) is 12.6. The van der Waals surface area contributed by atoms with Gasteiger partial charge in [0, 0.05) is 21.2 Å². The molecule has 0 saturated carbocycles. The summed E-state index contributed by atoms with van der Waals surface area (Å²) in [6.45, 7) is 4.36. The zero-order chi connectivity index (χ0) is 15.6. The van der Waals surface area contributed by atoms with Crippen LogP contribution in [-0.2, 0) is 14.8 Å². The average Bonchev–Trinajstić information content (AvgIpc) is 2.31. The van der Waals surface area contributed by atoms with Crippen LogP contribution >= 0.6 is 0 Å². The van der Waals surface area contributed by atoms with E-state index in [0.717, 1.165) is 0 Å². The molecule has 1 aromatic carbocycles. The number of nitrogens with zero attached hydrogens (tertiary/aromatic N) is 1. The van der Waals surface area contributed by atoms with Gasteiger partial charge in [-0.05, 0) is 32.0 Å².